The van der Waals surface area contributed by atoms with Gasteiger partial charge in [0.2, 0.25) is 0 Å². The van der Waals surface area contributed by atoms with E-state index in [1.165, 1.54) is 0 Å². The second-order valence-corrected chi connectivity index (χ2v) is 5.36. The fourth-order valence-corrected chi connectivity index (χ4v) is 2.40. The molecule has 0 saturated heterocycles. The maximum atomic E-state index is 9.04. The molecule has 1 saturated carbocycles. The lowest BCUT2D eigenvalue weighted by atomic mass is 10.1. The molecule has 3 rings (SSSR count). The Balaban J connectivity index is 1.82. The van der Waals surface area contributed by atoms with E-state index in [2.05, 4.69) is 10.3 Å². The van der Waals surface area contributed by atoms with Gasteiger partial charge in [-0.25, -0.2) is 0 Å². The summed E-state index contributed by atoms with van der Waals surface area (Å²) < 4.78 is 0. The van der Waals surface area contributed by atoms with E-state index in [9.17, 15) is 0 Å². The summed E-state index contributed by atoms with van der Waals surface area (Å²) in [7, 11) is 0. The van der Waals surface area contributed by atoms with Crippen molar-refractivity contribution in [1.29, 1.82) is 0 Å². The van der Waals surface area contributed by atoms with E-state index in [-0.39, 0.29) is 12.1 Å². The first-order valence-corrected chi connectivity index (χ1v) is 6.70. The molecule has 0 aliphatic heterocycles. The predicted octanol–water partition coefficient (Wildman–Crippen LogP) is 3.33. The molecule has 0 atom stereocenters. The molecular formula is C15H15ClN2O. The van der Waals surface area contributed by atoms with E-state index in [0.29, 0.717) is 0 Å². The van der Waals surface area contributed by atoms with Crippen LogP contribution >= 0.6 is 11.6 Å². The third-order valence-electron chi connectivity index (χ3n) is 3.46. The summed E-state index contributed by atoms with van der Waals surface area (Å²) in [6.45, 7) is 0.0298. The van der Waals surface area contributed by atoms with Crippen molar-refractivity contribution in [3.8, 4) is 0 Å². The van der Waals surface area contributed by atoms with E-state index in [1.54, 1.807) is 6.20 Å². The normalized spacial score (nSPS) is 16.1. The number of aliphatic hydroxyl groups excluding tert-OH is 1. The monoisotopic (exact) mass is 274 g/mol. The molecule has 0 spiro atoms. The Morgan fingerprint density at radius 3 is 2.68 bits per heavy atom. The standard InChI is InChI=1S/C15H15ClN2O/c16-12-2-1-3-13(8-12)18-15(6-7-15)14-5-4-11(10-19)9-17-14/h1-5,8-9,18-19H,6-7,10H2. The topological polar surface area (TPSA) is 45.1 Å². The Bertz CT molecular complexity index is 579. The van der Waals surface area contributed by atoms with Gasteiger partial charge in [0.15, 0.2) is 0 Å². The summed E-state index contributed by atoms with van der Waals surface area (Å²) >= 11 is 6.00. The average molecular weight is 275 g/mol. The number of aromatic nitrogens is 1. The van der Waals surface area contributed by atoms with Crippen LogP contribution in [-0.4, -0.2) is 10.1 Å². The van der Waals surface area contributed by atoms with Gasteiger partial charge in [-0.3, -0.25) is 4.98 Å². The highest BCUT2D eigenvalue weighted by atomic mass is 35.5. The summed E-state index contributed by atoms with van der Waals surface area (Å²) in [6, 6.07) is 11.6. The van der Waals surface area contributed by atoms with Crippen LogP contribution in [0.15, 0.2) is 42.6 Å². The molecule has 2 aromatic rings. The zero-order valence-corrected chi connectivity index (χ0v) is 11.2. The minimum atomic E-state index is -0.0708. The fraction of sp³-hybridized carbons (Fsp3) is 0.267. The highest BCUT2D eigenvalue weighted by Crippen LogP contribution is 2.47. The van der Waals surface area contributed by atoms with Gasteiger partial charge in [-0.05, 0) is 42.7 Å². The first-order chi connectivity index (χ1) is 9.22. The van der Waals surface area contributed by atoms with Crippen molar-refractivity contribution >= 4 is 17.3 Å². The molecule has 1 aromatic heterocycles. The molecule has 0 unspecified atom stereocenters. The summed E-state index contributed by atoms with van der Waals surface area (Å²) in [4.78, 5) is 4.45. The van der Waals surface area contributed by atoms with Crippen molar-refractivity contribution in [2.75, 3.05) is 5.32 Å². The minimum absolute atomic E-state index is 0.0298. The van der Waals surface area contributed by atoms with Gasteiger partial charge < -0.3 is 10.4 Å². The van der Waals surface area contributed by atoms with Gasteiger partial charge in [-0.1, -0.05) is 23.7 Å². The summed E-state index contributed by atoms with van der Waals surface area (Å²) in [6.07, 6.45) is 3.85. The van der Waals surface area contributed by atoms with Crippen LogP contribution in [0.3, 0.4) is 0 Å². The molecule has 98 valence electrons. The van der Waals surface area contributed by atoms with E-state index in [4.69, 9.17) is 16.7 Å². The molecular weight excluding hydrogens is 260 g/mol. The first-order valence-electron chi connectivity index (χ1n) is 6.32. The maximum absolute atomic E-state index is 9.04. The third kappa shape index (κ3) is 2.57. The molecule has 0 amide bonds. The van der Waals surface area contributed by atoms with Gasteiger partial charge in [0.25, 0.3) is 0 Å². The SMILES string of the molecule is OCc1ccc(C2(Nc3cccc(Cl)c3)CC2)nc1. The molecule has 3 nitrogen and oxygen atoms in total. The number of halogens is 1. The van der Waals surface area contributed by atoms with Crippen LogP contribution < -0.4 is 5.32 Å². The van der Waals surface area contributed by atoms with Gasteiger partial charge in [0.05, 0.1) is 17.8 Å². The number of benzene rings is 1. The van der Waals surface area contributed by atoms with E-state index < -0.39 is 0 Å². The van der Waals surface area contributed by atoms with Gasteiger partial charge in [-0.15, -0.1) is 0 Å². The second kappa shape index (κ2) is 4.83. The first kappa shape index (κ1) is 12.5. The molecule has 1 fully saturated rings. The van der Waals surface area contributed by atoms with E-state index in [1.807, 2.05) is 36.4 Å². The number of rotatable bonds is 4. The lowest BCUT2D eigenvalue weighted by molar-refractivity contribution is 0.281. The lowest BCUT2D eigenvalue weighted by Gasteiger charge is -2.18. The molecule has 1 heterocycles. The van der Waals surface area contributed by atoms with Gasteiger partial charge >= 0.3 is 0 Å². The number of hydrogen-bond acceptors (Lipinski definition) is 3. The Morgan fingerprint density at radius 1 is 1.26 bits per heavy atom. The van der Waals surface area contributed by atoms with Crippen molar-refractivity contribution in [1.82, 2.24) is 4.98 Å². The summed E-state index contributed by atoms with van der Waals surface area (Å²) in [5, 5.41) is 13.3. The van der Waals surface area contributed by atoms with Crippen molar-refractivity contribution in [2.45, 2.75) is 25.0 Å². The number of nitrogens with zero attached hydrogens (tertiary/aromatic N) is 1. The lowest BCUT2D eigenvalue weighted by Crippen LogP contribution is -2.20. The van der Waals surface area contributed by atoms with Crippen LogP contribution in [0, 0.1) is 0 Å². The molecule has 1 aliphatic rings. The van der Waals surface area contributed by atoms with E-state index in [0.717, 1.165) is 34.8 Å². The van der Waals surface area contributed by atoms with Crippen LogP contribution in [0.25, 0.3) is 0 Å². The smallest absolute Gasteiger partial charge is 0.0797 e. The van der Waals surface area contributed by atoms with Crippen molar-refractivity contribution in [2.24, 2.45) is 0 Å². The Labute approximate surface area is 117 Å². The van der Waals surface area contributed by atoms with Gasteiger partial charge in [0, 0.05) is 16.9 Å². The zero-order valence-electron chi connectivity index (χ0n) is 10.4. The predicted molar refractivity (Wildman–Crippen MR) is 76.1 cm³/mol. The number of hydrogen-bond donors (Lipinski definition) is 2. The largest absolute Gasteiger partial charge is 0.392 e. The highest BCUT2D eigenvalue weighted by Gasteiger charge is 2.45. The quantitative estimate of drug-likeness (QED) is 0.899. The third-order valence-corrected chi connectivity index (χ3v) is 3.69. The Hall–Kier alpha value is -1.58. The molecule has 0 radical (unpaired) electrons. The fourth-order valence-electron chi connectivity index (χ4n) is 2.21. The number of pyridine rings is 1. The van der Waals surface area contributed by atoms with E-state index >= 15 is 0 Å². The molecule has 1 aliphatic carbocycles. The Morgan fingerprint density at radius 2 is 2.11 bits per heavy atom. The van der Waals surface area contributed by atoms with Gasteiger partial charge in [-0.2, -0.15) is 0 Å². The molecule has 4 heteroatoms. The zero-order chi connectivity index (χ0) is 13.3. The van der Waals surface area contributed by atoms with Crippen molar-refractivity contribution < 1.29 is 5.11 Å². The highest BCUT2D eigenvalue weighted by molar-refractivity contribution is 6.30. The van der Waals surface area contributed by atoms with Crippen LogP contribution in [0.1, 0.15) is 24.1 Å². The van der Waals surface area contributed by atoms with Gasteiger partial charge in [0.1, 0.15) is 0 Å². The molecule has 19 heavy (non-hydrogen) atoms. The summed E-state index contributed by atoms with van der Waals surface area (Å²) in [5.74, 6) is 0. The number of nitrogens with one attached hydrogen (secondary N) is 1. The van der Waals surface area contributed by atoms with Crippen molar-refractivity contribution in [3.05, 3.63) is 58.9 Å². The van der Waals surface area contributed by atoms with Crippen LogP contribution in [0.2, 0.25) is 5.02 Å². The van der Waals surface area contributed by atoms with Crippen LogP contribution in [0.5, 0.6) is 0 Å². The maximum Gasteiger partial charge on any atom is 0.0797 e. The minimum Gasteiger partial charge on any atom is -0.392 e. The second-order valence-electron chi connectivity index (χ2n) is 4.93. The van der Waals surface area contributed by atoms with Crippen LogP contribution in [0.4, 0.5) is 5.69 Å². The Kier molecular flexibility index (Phi) is 3.17. The molecule has 2 N–H and O–H groups in total. The molecule has 0 bridgehead atoms. The summed E-state index contributed by atoms with van der Waals surface area (Å²) in [5.41, 5.74) is 2.79. The number of aliphatic hydroxyl groups is 1. The van der Waals surface area contributed by atoms with Crippen LogP contribution in [-0.2, 0) is 12.1 Å². The molecule has 1 aromatic carbocycles. The average Bonchev–Trinajstić information content (AvgIpc) is 3.20. The van der Waals surface area contributed by atoms with Crippen molar-refractivity contribution in [3.63, 3.8) is 0 Å². The number of anilines is 1.